The molecular formula is C17H18ClFN4O. The molecule has 1 aliphatic carbocycles. The zero-order valence-electron chi connectivity index (χ0n) is 13.2. The van der Waals surface area contributed by atoms with E-state index in [-0.39, 0.29) is 10.9 Å². The summed E-state index contributed by atoms with van der Waals surface area (Å²) >= 11 is 5.91. The van der Waals surface area contributed by atoms with Crippen LogP contribution in [0.3, 0.4) is 0 Å². The summed E-state index contributed by atoms with van der Waals surface area (Å²) in [5.74, 6) is 1.50. The molecule has 0 spiro atoms. The van der Waals surface area contributed by atoms with E-state index in [4.69, 9.17) is 11.6 Å². The highest BCUT2D eigenvalue weighted by Gasteiger charge is 2.30. The number of rotatable bonds is 5. The summed E-state index contributed by atoms with van der Waals surface area (Å²) in [4.78, 5) is 18.2. The lowest BCUT2D eigenvalue weighted by molar-refractivity contribution is -0.127. The zero-order chi connectivity index (χ0) is 16.7. The summed E-state index contributed by atoms with van der Waals surface area (Å²) in [6.07, 6.45) is 4.22. The molecule has 0 bridgehead atoms. The fourth-order valence-electron chi connectivity index (χ4n) is 3.06. The molecule has 0 radical (unpaired) electrons. The van der Waals surface area contributed by atoms with Gasteiger partial charge >= 0.3 is 0 Å². The lowest BCUT2D eigenvalue weighted by Crippen LogP contribution is -2.27. The van der Waals surface area contributed by atoms with Crippen molar-refractivity contribution in [1.29, 1.82) is 0 Å². The van der Waals surface area contributed by atoms with Gasteiger partial charge in [0.25, 0.3) is 0 Å². The van der Waals surface area contributed by atoms with E-state index in [2.05, 4.69) is 10.1 Å². The zero-order valence-corrected chi connectivity index (χ0v) is 14.0. The van der Waals surface area contributed by atoms with Gasteiger partial charge in [-0.3, -0.25) is 4.79 Å². The number of amides is 1. The average Bonchev–Trinajstić information content (AvgIpc) is 3.21. The maximum Gasteiger partial charge on any atom is 0.222 e. The predicted molar refractivity (Wildman–Crippen MR) is 87.8 cm³/mol. The van der Waals surface area contributed by atoms with Crippen molar-refractivity contribution in [2.24, 2.45) is 0 Å². The van der Waals surface area contributed by atoms with Gasteiger partial charge in [0.1, 0.15) is 11.5 Å². The molecule has 1 saturated heterocycles. The van der Waals surface area contributed by atoms with Crippen LogP contribution in [0.1, 0.15) is 43.3 Å². The molecule has 2 heterocycles. The van der Waals surface area contributed by atoms with E-state index in [0.29, 0.717) is 36.8 Å². The van der Waals surface area contributed by atoms with Crippen LogP contribution in [0.25, 0.3) is 5.69 Å². The van der Waals surface area contributed by atoms with Crippen LogP contribution in [-0.2, 0) is 11.2 Å². The molecule has 0 N–H and O–H groups in total. The molecule has 1 aromatic carbocycles. The maximum atomic E-state index is 14.4. The molecule has 0 atom stereocenters. The van der Waals surface area contributed by atoms with Crippen molar-refractivity contribution in [2.45, 2.75) is 38.0 Å². The third-order valence-corrected chi connectivity index (χ3v) is 4.86. The number of aromatic nitrogens is 3. The third kappa shape index (κ3) is 2.90. The van der Waals surface area contributed by atoms with Crippen molar-refractivity contribution >= 4 is 17.5 Å². The Kier molecular flexibility index (Phi) is 4.00. The van der Waals surface area contributed by atoms with Crippen LogP contribution in [-0.4, -0.2) is 38.7 Å². The molecule has 1 aromatic heterocycles. The van der Waals surface area contributed by atoms with E-state index in [1.165, 1.54) is 6.07 Å². The molecule has 1 amide bonds. The normalized spacial score (nSPS) is 17.8. The first-order chi connectivity index (χ1) is 11.6. The van der Waals surface area contributed by atoms with Gasteiger partial charge in [-0.2, -0.15) is 5.10 Å². The molecule has 2 aromatic rings. The minimum atomic E-state index is -0.495. The first kappa shape index (κ1) is 15.6. The Morgan fingerprint density at radius 3 is 2.88 bits per heavy atom. The number of carbonyl (C=O) groups excluding carboxylic acids is 1. The molecule has 126 valence electrons. The average molecular weight is 349 g/mol. The van der Waals surface area contributed by atoms with Gasteiger partial charge in [-0.15, -0.1) is 0 Å². The summed E-state index contributed by atoms with van der Waals surface area (Å²) in [5, 5.41) is 4.58. The SMILES string of the molecule is O=C1CCCN1CCc1nc(C2CC2)nn1-c1cccc(Cl)c1F. The Morgan fingerprint density at radius 1 is 1.33 bits per heavy atom. The predicted octanol–water partition coefficient (Wildman–Crippen LogP) is 3.10. The molecule has 2 aliphatic rings. The molecule has 2 fully saturated rings. The second-order valence-corrected chi connectivity index (χ2v) is 6.79. The number of carbonyl (C=O) groups is 1. The van der Waals surface area contributed by atoms with Gasteiger partial charge in [0.05, 0.1) is 5.02 Å². The molecule has 0 unspecified atom stereocenters. The van der Waals surface area contributed by atoms with E-state index in [9.17, 15) is 9.18 Å². The van der Waals surface area contributed by atoms with Crippen LogP contribution >= 0.6 is 11.6 Å². The van der Waals surface area contributed by atoms with E-state index in [1.54, 1.807) is 16.8 Å². The standard InChI is InChI=1S/C17H18ClFN4O/c18-12-3-1-4-13(16(12)19)23-14(20-17(21-23)11-6-7-11)8-10-22-9-2-5-15(22)24/h1,3-4,11H,2,5-10H2. The van der Waals surface area contributed by atoms with Crippen LogP contribution in [0, 0.1) is 5.82 Å². The van der Waals surface area contributed by atoms with Gasteiger partial charge in [0.2, 0.25) is 5.91 Å². The van der Waals surface area contributed by atoms with Gasteiger partial charge in [0.15, 0.2) is 11.6 Å². The van der Waals surface area contributed by atoms with Crippen LogP contribution in [0.2, 0.25) is 5.02 Å². The topological polar surface area (TPSA) is 51.0 Å². The van der Waals surface area contributed by atoms with Gasteiger partial charge < -0.3 is 4.90 Å². The van der Waals surface area contributed by atoms with E-state index in [0.717, 1.165) is 31.6 Å². The Balaban J connectivity index is 1.64. The fraction of sp³-hybridized carbons (Fsp3) is 0.471. The van der Waals surface area contributed by atoms with Gasteiger partial charge in [-0.1, -0.05) is 17.7 Å². The molecule has 5 nitrogen and oxygen atoms in total. The van der Waals surface area contributed by atoms with Crippen molar-refractivity contribution in [3.63, 3.8) is 0 Å². The Hall–Kier alpha value is -1.95. The summed E-state index contributed by atoms with van der Waals surface area (Å²) < 4.78 is 16.0. The molecular weight excluding hydrogens is 331 g/mol. The van der Waals surface area contributed by atoms with Crippen LogP contribution < -0.4 is 0 Å². The van der Waals surface area contributed by atoms with Gasteiger partial charge in [0, 0.05) is 31.8 Å². The monoisotopic (exact) mass is 348 g/mol. The lowest BCUT2D eigenvalue weighted by Gasteiger charge is -2.15. The van der Waals surface area contributed by atoms with Gasteiger partial charge in [-0.25, -0.2) is 14.1 Å². The van der Waals surface area contributed by atoms with E-state index >= 15 is 0 Å². The van der Waals surface area contributed by atoms with Gasteiger partial charge in [-0.05, 0) is 31.4 Å². The fourth-order valence-corrected chi connectivity index (χ4v) is 3.23. The number of halogens is 2. The highest BCUT2D eigenvalue weighted by molar-refractivity contribution is 6.30. The maximum absolute atomic E-state index is 14.4. The molecule has 1 aliphatic heterocycles. The first-order valence-corrected chi connectivity index (χ1v) is 8.69. The van der Waals surface area contributed by atoms with E-state index in [1.807, 2.05) is 4.90 Å². The summed E-state index contributed by atoms with van der Waals surface area (Å²) in [5.41, 5.74) is 0.310. The molecule has 1 saturated carbocycles. The summed E-state index contributed by atoms with van der Waals surface area (Å²) in [6.45, 7) is 1.37. The second-order valence-electron chi connectivity index (χ2n) is 6.38. The molecule has 24 heavy (non-hydrogen) atoms. The Morgan fingerprint density at radius 2 is 2.17 bits per heavy atom. The van der Waals surface area contributed by atoms with Crippen molar-refractivity contribution in [3.05, 3.63) is 40.7 Å². The van der Waals surface area contributed by atoms with Crippen molar-refractivity contribution in [2.75, 3.05) is 13.1 Å². The van der Waals surface area contributed by atoms with Crippen molar-refractivity contribution in [3.8, 4) is 5.69 Å². The van der Waals surface area contributed by atoms with Crippen molar-refractivity contribution < 1.29 is 9.18 Å². The lowest BCUT2D eigenvalue weighted by atomic mass is 10.3. The minimum absolute atomic E-state index is 0.0663. The minimum Gasteiger partial charge on any atom is -0.342 e. The summed E-state index contributed by atoms with van der Waals surface area (Å²) in [7, 11) is 0. The van der Waals surface area contributed by atoms with Crippen molar-refractivity contribution in [1.82, 2.24) is 19.7 Å². The highest BCUT2D eigenvalue weighted by Crippen LogP contribution is 2.38. The van der Waals surface area contributed by atoms with Crippen LogP contribution in [0.4, 0.5) is 4.39 Å². The highest BCUT2D eigenvalue weighted by atomic mass is 35.5. The number of hydrogen-bond donors (Lipinski definition) is 0. The summed E-state index contributed by atoms with van der Waals surface area (Å²) in [6, 6.07) is 4.87. The quantitative estimate of drug-likeness (QED) is 0.834. The molecule has 7 heteroatoms. The second kappa shape index (κ2) is 6.16. The van der Waals surface area contributed by atoms with Crippen LogP contribution in [0.5, 0.6) is 0 Å². The van der Waals surface area contributed by atoms with E-state index < -0.39 is 5.82 Å². The third-order valence-electron chi connectivity index (χ3n) is 4.57. The smallest absolute Gasteiger partial charge is 0.222 e. The first-order valence-electron chi connectivity index (χ1n) is 8.31. The Bertz CT molecular complexity index is 787. The van der Waals surface area contributed by atoms with Crippen LogP contribution in [0.15, 0.2) is 18.2 Å². The number of benzene rings is 1. The number of nitrogens with zero attached hydrogens (tertiary/aromatic N) is 4. The largest absolute Gasteiger partial charge is 0.342 e. The number of hydrogen-bond acceptors (Lipinski definition) is 3. The molecule has 4 rings (SSSR count). The number of likely N-dealkylation sites (tertiary alicyclic amines) is 1. The Labute approximate surface area is 144 Å².